The van der Waals surface area contributed by atoms with Gasteiger partial charge in [-0.3, -0.25) is 14.2 Å². The fourth-order valence-corrected chi connectivity index (χ4v) is 4.11. The molecule has 0 unspecified atom stereocenters. The van der Waals surface area contributed by atoms with Crippen LogP contribution in [0.3, 0.4) is 0 Å². The summed E-state index contributed by atoms with van der Waals surface area (Å²) < 4.78 is 2.20. The molecule has 0 fully saturated rings. The van der Waals surface area contributed by atoms with Gasteiger partial charge in [-0.15, -0.1) is 11.3 Å². The maximum Gasteiger partial charge on any atom is 0.332 e. The smallest absolute Gasteiger partial charge is 0.332 e. The lowest BCUT2D eigenvalue weighted by Gasteiger charge is -2.10. The third kappa shape index (κ3) is 1.81. The number of carbonyl (C=O) groups is 1. The Balaban J connectivity index is 2.41. The summed E-state index contributed by atoms with van der Waals surface area (Å²) in [5, 5.41) is 9.40. The SMILES string of the molecule is Cn1c(=O)n(CC(=O)O)c(=O)c2c3c(sc21)CCCC3. The Morgan fingerprint density at radius 1 is 1.30 bits per heavy atom. The molecule has 0 bridgehead atoms. The van der Waals surface area contributed by atoms with Gasteiger partial charge in [0.15, 0.2) is 0 Å². The van der Waals surface area contributed by atoms with Crippen molar-refractivity contribution in [3.05, 3.63) is 31.3 Å². The van der Waals surface area contributed by atoms with E-state index in [2.05, 4.69) is 0 Å². The van der Waals surface area contributed by atoms with Gasteiger partial charge in [0.1, 0.15) is 11.4 Å². The second-order valence-corrected chi connectivity index (χ2v) is 6.10. The lowest BCUT2D eigenvalue weighted by atomic mass is 9.97. The van der Waals surface area contributed by atoms with Crippen LogP contribution < -0.4 is 11.2 Å². The number of aryl methyl sites for hydroxylation is 3. The molecule has 2 aromatic rings. The summed E-state index contributed by atoms with van der Waals surface area (Å²) in [6, 6.07) is 0. The van der Waals surface area contributed by atoms with Crippen molar-refractivity contribution < 1.29 is 9.90 Å². The molecule has 3 rings (SSSR count). The van der Waals surface area contributed by atoms with Crippen LogP contribution >= 0.6 is 11.3 Å². The Labute approximate surface area is 117 Å². The highest BCUT2D eigenvalue weighted by molar-refractivity contribution is 7.18. The molecule has 0 spiro atoms. The van der Waals surface area contributed by atoms with Gasteiger partial charge in [-0.05, 0) is 31.2 Å². The van der Waals surface area contributed by atoms with E-state index in [9.17, 15) is 14.4 Å². The number of carboxylic acid groups (broad SMARTS) is 1. The van der Waals surface area contributed by atoms with Gasteiger partial charge in [0.25, 0.3) is 5.56 Å². The molecule has 0 aromatic carbocycles. The number of thiophene rings is 1. The third-order valence-electron chi connectivity index (χ3n) is 3.73. The van der Waals surface area contributed by atoms with Crippen LogP contribution in [0.4, 0.5) is 0 Å². The number of aliphatic carboxylic acids is 1. The molecule has 0 saturated heterocycles. The normalized spacial score (nSPS) is 14.4. The molecule has 0 saturated carbocycles. The van der Waals surface area contributed by atoms with Gasteiger partial charge in [-0.25, -0.2) is 9.36 Å². The van der Waals surface area contributed by atoms with Crippen molar-refractivity contribution in [2.75, 3.05) is 0 Å². The van der Waals surface area contributed by atoms with Crippen LogP contribution in [0, 0.1) is 0 Å². The Morgan fingerprint density at radius 2 is 2.00 bits per heavy atom. The van der Waals surface area contributed by atoms with E-state index in [1.54, 1.807) is 7.05 Å². The molecule has 106 valence electrons. The Bertz CT molecular complexity index is 827. The molecule has 0 atom stereocenters. The van der Waals surface area contributed by atoms with Crippen molar-refractivity contribution in [1.82, 2.24) is 9.13 Å². The van der Waals surface area contributed by atoms with Crippen LogP contribution in [0.2, 0.25) is 0 Å². The Morgan fingerprint density at radius 3 is 2.70 bits per heavy atom. The first-order valence-corrected chi connectivity index (χ1v) is 7.28. The zero-order valence-corrected chi connectivity index (χ0v) is 11.8. The monoisotopic (exact) mass is 294 g/mol. The molecule has 1 aliphatic rings. The quantitative estimate of drug-likeness (QED) is 0.885. The molecular weight excluding hydrogens is 280 g/mol. The van der Waals surface area contributed by atoms with E-state index >= 15 is 0 Å². The first-order valence-electron chi connectivity index (χ1n) is 6.46. The number of hydrogen-bond acceptors (Lipinski definition) is 4. The molecule has 0 aliphatic heterocycles. The van der Waals surface area contributed by atoms with E-state index in [1.807, 2.05) is 0 Å². The summed E-state index contributed by atoms with van der Waals surface area (Å²) in [6.45, 7) is -0.591. The maximum absolute atomic E-state index is 12.5. The predicted octanol–water partition coefficient (Wildman–Crippen LogP) is 0.725. The first kappa shape index (κ1) is 13.1. The number of aromatic nitrogens is 2. The zero-order valence-electron chi connectivity index (χ0n) is 11.0. The van der Waals surface area contributed by atoms with E-state index in [0.717, 1.165) is 40.7 Å². The van der Waals surface area contributed by atoms with Crippen molar-refractivity contribution in [3.8, 4) is 0 Å². The van der Waals surface area contributed by atoms with Crippen molar-refractivity contribution in [3.63, 3.8) is 0 Å². The molecule has 2 heterocycles. The summed E-state index contributed by atoms with van der Waals surface area (Å²) in [4.78, 5) is 37.2. The van der Waals surface area contributed by atoms with Crippen molar-refractivity contribution in [2.24, 2.45) is 7.05 Å². The zero-order chi connectivity index (χ0) is 14.4. The van der Waals surface area contributed by atoms with Crippen molar-refractivity contribution in [1.29, 1.82) is 0 Å². The van der Waals surface area contributed by atoms with E-state index < -0.39 is 23.8 Å². The average molecular weight is 294 g/mol. The van der Waals surface area contributed by atoms with E-state index in [-0.39, 0.29) is 0 Å². The van der Waals surface area contributed by atoms with Crippen LogP contribution in [-0.4, -0.2) is 20.2 Å². The van der Waals surface area contributed by atoms with Crippen molar-refractivity contribution >= 4 is 27.5 Å². The second kappa shape index (κ2) is 4.59. The summed E-state index contributed by atoms with van der Waals surface area (Å²) in [5.74, 6) is -1.19. The fourth-order valence-electron chi connectivity index (χ4n) is 2.77. The molecule has 1 aliphatic carbocycles. The highest BCUT2D eigenvalue weighted by atomic mass is 32.1. The molecular formula is C13H14N2O4S. The lowest BCUT2D eigenvalue weighted by molar-refractivity contribution is -0.137. The molecule has 0 amide bonds. The third-order valence-corrected chi connectivity index (χ3v) is 5.10. The predicted molar refractivity (Wildman–Crippen MR) is 75.6 cm³/mol. The fraction of sp³-hybridized carbons (Fsp3) is 0.462. The van der Waals surface area contributed by atoms with Gasteiger partial charge < -0.3 is 5.11 Å². The highest BCUT2D eigenvalue weighted by Gasteiger charge is 2.22. The molecule has 20 heavy (non-hydrogen) atoms. The number of hydrogen-bond donors (Lipinski definition) is 1. The van der Waals surface area contributed by atoms with Crippen LogP contribution in [0.15, 0.2) is 9.59 Å². The van der Waals surface area contributed by atoms with Gasteiger partial charge in [0, 0.05) is 11.9 Å². The first-order chi connectivity index (χ1) is 9.50. The minimum absolute atomic E-state index is 0.468. The minimum Gasteiger partial charge on any atom is -0.480 e. The van der Waals surface area contributed by atoms with Gasteiger partial charge >= 0.3 is 11.7 Å². The molecule has 0 radical (unpaired) electrons. The topological polar surface area (TPSA) is 81.3 Å². The summed E-state index contributed by atoms with van der Waals surface area (Å²) in [5.41, 5.74) is -0.0237. The number of rotatable bonds is 2. The molecule has 2 aromatic heterocycles. The number of carboxylic acids is 1. The Hall–Kier alpha value is -1.89. The molecule has 7 heteroatoms. The van der Waals surface area contributed by atoms with Gasteiger partial charge in [-0.2, -0.15) is 0 Å². The van der Waals surface area contributed by atoms with E-state index in [1.165, 1.54) is 15.9 Å². The number of nitrogens with zero attached hydrogens (tertiary/aromatic N) is 2. The van der Waals surface area contributed by atoms with Gasteiger partial charge in [-0.1, -0.05) is 0 Å². The summed E-state index contributed by atoms with van der Waals surface area (Å²) in [6.07, 6.45) is 3.88. The van der Waals surface area contributed by atoms with Gasteiger partial charge in [0.2, 0.25) is 0 Å². The van der Waals surface area contributed by atoms with Crippen LogP contribution in [0.1, 0.15) is 23.3 Å². The minimum atomic E-state index is -1.19. The van der Waals surface area contributed by atoms with E-state index in [4.69, 9.17) is 5.11 Å². The second-order valence-electron chi connectivity index (χ2n) is 5.02. The highest BCUT2D eigenvalue weighted by Crippen LogP contribution is 2.33. The van der Waals surface area contributed by atoms with E-state index in [0.29, 0.717) is 10.2 Å². The standard InChI is InChI=1S/C13H14N2O4S/c1-14-12-10(7-4-2-3-5-8(7)20-12)11(18)15(13(14)19)6-9(16)17/h2-6H2,1H3,(H,16,17). The maximum atomic E-state index is 12.5. The molecule has 1 N–H and O–H groups in total. The average Bonchev–Trinajstić information content (AvgIpc) is 2.80. The summed E-state index contributed by atoms with van der Waals surface area (Å²) >= 11 is 1.48. The van der Waals surface area contributed by atoms with Gasteiger partial charge in [0.05, 0.1) is 5.39 Å². The van der Waals surface area contributed by atoms with Crippen LogP contribution in [-0.2, 0) is 31.2 Å². The van der Waals surface area contributed by atoms with Crippen LogP contribution in [0.25, 0.3) is 10.2 Å². The van der Waals surface area contributed by atoms with Crippen molar-refractivity contribution in [2.45, 2.75) is 32.2 Å². The lowest BCUT2D eigenvalue weighted by Crippen LogP contribution is -2.40. The largest absolute Gasteiger partial charge is 0.480 e. The Kier molecular flexibility index (Phi) is 3.01. The van der Waals surface area contributed by atoms with Crippen LogP contribution in [0.5, 0.6) is 0 Å². The molecule has 6 nitrogen and oxygen atoms in total. The number of fused-ring (bicyclic) bond motifs is 3. The summed E-state index contributed by atoms with van der Waals surface area (Å²) in [7, 11) is 1.59.